The number of benzene rings is 1. The normalized spacial score (nSPS) is 10.1. The van der Waals surface area contributed by atoms with E-state index in [1.165, 1.54) is 5.56 Å². The molecular formula is C14H15N3O. The first-order valence-electron chi connectivity index (χ1n) is 5.67. The second-order valence-electron chi connectivity index (χ2n) is 4.14. The summed E-state index contributed by atoms with van der Waals surface area (Å²) in [5.74, 6) is -0.00499. The average molecular weight is 241 g/mol. The van der Waals surface area contributed by atoms with E-state index in [2.05, 4.69) is 10.3 Å². The van der Waals surface area contributed by atoms with E-state index in [0.717, 1.165) is 11.3 Å². The predicted molar refractivity (Wildman–Crippen MR) is 72.0 cm³/mol. The summed E-state index contributed by atoms with van der Waals surface area (Å²) in [7, 11) is 0. The Morgan fingerprint density at radius 2 is 2.00 bits per heavy atom. The number of aromatic nitrogens is 1. The molecule has 0 radical (unpaired) electrons. The van der Waals surface area contributed by atoms with E-state index in [9.17, 15) is 4.79 Å². The van der Waals surface area contributed by atoms with Crippen LogP contribution in [0.3, 0.4) is 0 Å². The molecule has 92 valence electrons. The molecule has 0 fully saturated rings. The third-order valence-corrected chi connectivity index (χ3v) is 2.93. The van der Waals surface area contributed by atoms with Crippen molar-refractivity contribution in [3.8, 4) is 0 Å². The van der Waals surface area contributed by atoms with Gasteiger partial charge in [-0.25, -0.2) is 4.98 Å². The number of nitrogens with two attached hydrogens (primary N) is 1. The number of anilines is 2. The number of nitrogens with zero attached hydrogens (tertiary/aromatic N) is 1. The number of pyridine rings is 1. The minimum atomic E-state index is -0.490. The lowest BCUT2D eigenvalue weighted by Gasteiger charge is -2.12. The van der Waals surface area contributed by atoms with Gasteiger partial charge in [-0.3, -0.25) is 4.79 Å². The smallest absolute Gasteiger partial charge is 0.252 e. The average Bonchev–Trinajstić information content (AvgIpc) is 2.35. The lowest BCUT2D eigenvalue weighted by Crippen LogP contribution is -2.14. The molecule has 0 aliphatic carbocycles. The van der Waals surface area contributed by atoms with Crippen molar-refractivity contribution >= 4 is 17.4 Å². The van der Waals surface area contributed by atoms with Crippen LogP contribution in [0.2, 0.25) is 0 Å². The SMILES string of the molecule is Cc1cccc(Nc2ncccc2C(N)=O)c1C. The number of aryl methyl sites for hydroxylation is 1. The first kappa shape index (κ1) is 12.1. The van der Waals surface area contributed by atoms with Crippen molar-refractivity contribution in [2.75, 3.05) is 5.32 Å². The fourth-order valence-electron chi connectivity index (χ4n) is 1.72. The zero-order valence-electron chi connectivity index (χ0n) is 10.4. The van der Waals surface area contributed by atoms with E-state index in [4.69, 9.17) is 5.73 Å². The van der Waals surface area contributed by atoms with Crippen LogP contribution in [0.25, 0.3) is 0 Å². The van der Waals surface area contributed by atoms with Gasteiger partial charge < -0.3 is 11.1 Å². The zero-order chi connectivity index (χ0) is 13.1. The van der Waals surface area contributed by atoms with E-state index < -0.39 is 5.91 Å². The molecule has 3 N–H and O–H groups in total. The van der Waals surface area contributed by atoms with Gasteiger partial charge in [-0.05, 0) is 43.2 Å². The third kappa shape index (κ3) is 2.32. The quantitative estimate of drug-likeness (QED) is 0.867. The van der Waals surface area contributed by atoms with Gasteiger partial charge in [0.05, 0.1) is 5.56 Å². The summed E-state index contributed by atoms with van der Waals surface area (Å²) in [5.41, 5.74) is 8.93. The number of carbonyl (C=O) groups is 1. The Morgan fingerprint density at radius 1 is 1.22 bits per heavy atom. The Morgan fingerprint density at radius 3 is 2.72 bits per heavy atom. The molecule has 0 aliphatic heterocycles. The van der Waals surface area contributed by atoms with Crippen molar-refractivity contribution in [2.45, 2.75) is 13.8 Å². The molecule has 2 rings (SSSR count). The number of carbonyl (C=O) groups excluding carboxylic acids is 1. The summed E-state index contributed by atoms with van der Waals surface area (Å²) in [6, 6.07) is 9.28. The lowest BCUT2D eigenvalue weighted by atomic mass is 10.1. The van der Waals surface area contributed by atoms with Gasteiger partial charge in [0, 0.05) is 11.9 Å². The fourth-order valence-corrected chi connectivity index (χ4v) is 1.72. The third-order valence-electron chi connectivity index (χ3n) is 2.93. The molecule has 0 atom stereocenters. The first-order chi connectivity index (χ1) is 8.59. The van der Waals surface area contributed by atoms with Gasteiger partial charge in [0.15, 0.2) is 0 Å². The maximum absolute atomic E-state index is 11.3. The maximum atomic E-state index is 11.3. The molecule has 1 aromatic heterocycles. The van der Waals surface area contributed by atoms with Crippen LogP contribution < -0.4 is 11.1 Å². The molecular weight excluding hydrogens is 226 g/mol. The molecule has 18 heavy (non-hydrogen) atoms. The Hall–Kier alpha value is -2.36. The number of primary amides is 1. The summed E-state index contributed by atoms with van der Waals surface area (Å²) >= 11 is 0. The van der Waals surface area contributed by atoms with Crippen molar-refractivity contribution in [3.63, 3.8) is 0 Å². The number of nitrogens with one attached hydrogen (secondary N) is 1. The standard InChI is InChI=1S/C14H15N3O/c1-9-5-3-7-12(10(9)2)17-14-11(13(15)18)6-4-8-16-14/h3-8H,1-2H3,(H2,15,18)(H,16,17). The Labute approximate surface area is 106 Å². The summed E-state index contributed by atoms with van der Waals surface area (Å²) in [6.07, 6.45) is 1.62. The molecule has 0 spiro atoms. The van der Waals surface area contributed by atoms with Gasteiger partial charge in [0.1, 0.15) is 5.82 Å². The molecule has 1 heterocycles. The molecule has 4 heteroatoms. The lowest BCUT2D eigenvalue weighted by molar-refractivity contribution is 0.100. The van der Waals surface area contributed by atoms with Crippen molar-refractivity contribution in [3.05, 3.63) is 53.2 Å². The van der Waals surface area contributed by atoms with Crippen LogP contribution in [0.15, 0.2) is 36.5 Å². The summed E-state index contributed by atoms with van der Waals surface area (Å²) in [6.45, 7) is 4.05. The highest BCUT2D eigenvalue weighted by Gasteiger charge is 2.10. The van der Waals surface area contributed by atoms with Crippen LogP contribution >= 0.6 is 0 Å². The van der Waals surface area contributed by atoms with E-state index in [-0.39, 0.29) is 0 Å². The second-order valence-corrected chi connectivity index (χ2v) is 4.14. The van der Waals surface area contributed by atoms with Gasteiger partial charge in [-0.1, -0.05) is 12.1 Å². The van der Waals surface area contributed by atoms with Crippen molar-refractivity contribution in [1.29, 1.82) is 0 Å². The Bertz CT molecular complexity index is 593. The largest absolute Gasteiger partial charge is 0.365 e. The second kappa shape index (κ2) is 4.87. The zero-order valence-corrected chi connectivity index (χ0v) is 10.4. The Balaban J connectivity index is 2.40. The molecule has 0 bridgehead atoms. The van der Waals surface area contributed by atoms with Crippen molar-refractivity contribution < 1.29 is 4.79 Å². The minimum Gasteiger partial charge on any atom is -0.365 e. The number of amides is 1. The highest BCUT2D eigenvalue weighted by molar-refractivity contribution is 5.98. The van der Waals surface area contributed by atoms with Crippen LogP contribution in [0.4, 0.5) is 11.5 Å². The highest BCUT2D eigenvalue weighted by atomic mass is 16.1. The van der Waals surface area contributed by atoms with E-state index in [1.807, 2.05) is 32.0 Å². The monoisotopic (exact) mass is 241 g/mol. The molecule has 0 aliphatic rings. The minimum absolute atomic E-state index is 0.387. The molecule has 2 aromatic rings. The molecule has 1 aromatic carbocycles. The van der Waals surface area contributed by atoms with Crippen LogP contribution in [-0.2, 0) is 0 Å². The van der Waals surface area contributed by atoms with Crippen LogP contribution in [0.1, 0.15) is 21.5 Å². The molecule has 0 unspecified atom stereocenters. The van der Waals surface area contributed by atoms with Gasteiger partial charge in [-0.2, -0.15) is 0 Å². The molecule has 4 nitrogen and oxygen atoms in total. The summed E-state index contributed by atoms with van der Waals surface area (Å²) in [4.78, 5) is 15.5. The van der Waals surface area contributed by atoms with Crippen LogP contribution in [-0.4, -0.2) is 10.9 Å². The van der Waals surface area contributed by atoms with E-state index in [1.54, 1.807) is 18.3 Å². The molecule has 0 saturated carbocycles. The number of hydrogen-bond donors (Lipinski definition) is 2. The van der Waals surface area contributed by atoms with Gasteiger partial charge in [0.2, 0.25) is 0 Å². The van der Waals surface area contributed by atoms with Crippen molar-refractivity contribution in [1.82, 2.24) is 4.98 Å². The molecule has 0 saturated heterocycles. The maximum Gasteiger partial charge on any atom is 0.252 e. The van der Waals surface area contributed by atoms with Crippen molar-refractivity contribution in [2.24, 2.45) is 5.73 Å². The van der Waals surface area contributed by atoms with Crippen LogP contribution in [0, 0.1) is 13.8 Å². The van der Waals surface area contributed by atoms with Gasteiger partial charge in [0.25, 0.3) is 5.91 Å². The first-order valence-corrected chi connectivity index (χ1v) is 5.67. The van der Waals surface area contributed by atoms with E-state index >= 15 is 0 Å². The fraction of sp³-hybridized carbons (Fsp3) is 0.143. The topological polar surface area (TPSA) is 68.0 Å². The van der Waals surface area contributed by atoms with Gasteiger partial charge in [-0.15, -0.1) is 0 Å². The molecule has 1 amide bonds. The summed E-state index contributed by atoms with van der Waals surface area (Å²) in [5, 5.41) is 3.15. The summed E-state index contributed by atoms with van der Waals surface area (Å²) < 4.78 is 0. The van der Waals surface area contributed by atoms with E-state index in [0.29, 0.717) is 11.4 Å². The number of rotatable bonds is 3. The van der Waals surface area contributed by atoms with Gasteiger partial charge >= 0.3 is 0 Å². The van der Waals surface area contributed by atoms with Crippen LogP contribution in [0.5, 0.6) is 0 Å². The Kier molecular flexibility index (Phi) is 3.28. The predicted octanol–water partition coefficient (Wildman–Crippen LogP) is 2.54. The highest BCUT2D eigenvalue weighted by Crippen LogP contribution is 2.23. The number of hydrogen-bond acceptors (Lipinski definition) is 3.